The van der Waals surface area contributed by atoms with Gasteiger partial charge in [0.05, 0.1) is 6.54 Å². The van der Waals surface area contributed by atoms with Crippen molar-refractivity contribution in [3.63, 3.8) is 0 Å². The fraction of sp³-hybridized carbons (Fsp3) is 0.500. The molecule has 2 nitrogen and oxygen atoms in total. The second-order valence-electron chi connectivity index (χ2n) is 5.34. The van der Waals surface area contributed by atoms with Gasteiger partial charge in [-0.3, -0.25) is 0 Å². The molecule has 2 rings (SSSR count). The van der Waals surface area contributed by atoms with Crippen LogP contribution in [-0.4, -0.2) is 6.54 Å². The van der Waals surface area contributed by atoms with E-state index in [1.54, 1.807) is 0 Å². The zero-order valence-electron chi connectivity index (χ0n) is 12.1. The first-order chi connectivity index (χ1) is 9.06. The summed E-state index contributed by atoms with van der Waals surface area (Å²) < 4.78 is 19.7. The Balaban J connectivity index is 2.54. The first kappa shape index (κ1) is 14.1. The number of nitrogens with one attached hydrogen (secondary N) is 1. The predicted molar refractivity (Wildman–Crippen MR) is 77.0 cm³/mol. The first-order valence-corrected chi connectivity index (χ1v) is 6.97. The maximum Gasteiger partial charge on any atom is 0.170 e. The molecule has 0 aliphatic rings. The standard InChI is InChI=1S/C16H22FNO/c1-5-8-18-9-13-14(10(2)3)15-11(4)6-7-12(17)16(15)19-13/h6-7,10,18H,5,8-9H2,1-4H3. The molecule has 1 aromatic carbocycles. The minimum absolute atomic E-state index is 0.274. The normalized spacial score (nSPS) is 11.7. The maximum absolute atomic E-state index is 13.9. The van der Waals surface area contributed by atoms with Crippen molar-refractivity contribution in [1.82, 2.24) is 5.32 Å². The van der Waals surface area contributed by atoms with Crippen LogP contribution in [-0.2, 0) is 6.54 Å². The highest BCUT2D eigenvalue weighted by Gasteiger charge is 2.20. The van der Waals surface area contributed by atoms with Gasteiger partial charge in [-0.1, -0.05) is 26.8 Å². The molecular weight excluding hydrogens is 241 g/mol. The molecule has 0 amide bonds. The quantitative estimate of drug-likeness (QED) is 0.803. The van der Waals surface area contributed by atoms with Gasteiger partial charge in [-0.15, -0.1) is 0 Å². The smallest absolute Gasteiger partial charge is 0.170 e. The summed E-state index contributed by atoms with van der Waals surface area (Å²) in [5.74, 6) is 0.913. The summed E-state index contributed by atoms with van der Waals surface area (Å²) >= 11 is 0. The highest BCUT2D eigenvalue weighted by Crippen LogP contribution is 2.35. The first-order valence-electron chi connectivity index (χ1n) is 6.97. The van der Waals surface area contributed by atoms with Gasteiger partial charge >= 0.3 is 0 Å². The molecule has 2 aromatic rings. The van der Waals surface area contributed by atoms with Crippen LogP contribution in [0.15, 0.2) is 16.5 Å². The van der Waals surface area contributed by atoms with Gasteiger partial charge in [-0.05, 0) is 37.4 Å². The summed E-state index contributed by atoms with van der Waals surface area (Å²) in [5.41, 5.74) is 2.61. The summed E-state index contributed by atoms with van der Waals surface area (Å²) in [7, 11) is 0. The highest BCUT2D eigenvalue weighted by atomic mass is 19.1. The number of halogens is 1. The topological polar surface area (TPSA) is 25.2 Å². The van der Waals surface area contributed by atoms with Gasteiger partial charge < -0.3 is 9.73 Å². The SMILES string of the molecule is CCCNCc1oc2c(F)ccc(C)c2c1C(C)C. The Labute approximate surface area is 114 Å². The molecule has 1 heterocycles. The number of furan rings is 1. The van der Waals surface area contributed by atoms with Crippen LogP contribution in [0.5, 0.6) is 0 Å². The Morgan fingerprint density at radius 1 is 1.32 bits per heavy atom. The van der Waals surface area contributed by atoms with Crippen LogP contribution in [0.25, 0.3) is 11.0 Å². The molecule has 0 unspecified atom stereocenters. The van der Waals surface area contributed by atoms with Crippen LogP contribution in [0.1, 0.15) is 50.0 Å². The van der Waals surface area contributed by atoms with Crippen molar-refractivity contribution in [1.29, 1.82) is 0 Å². The summed E-state index contributed by atoms with van der Waals surface area (Å²) in [6.45, 7) is 9.98. The van der Waals surface area contributed by atoms with E-state index in [0.29, 0.717) is 18.0 Å². The Hall–Kier alpha value is -1.35. The van der Waals surface area contributed by atoms with Gasteiger partial charge in [0.25, 0.3) is 0 Å². The van der Waals surface area contributed by atoms with Crippen molar-refractivity contribution in [2.75, 3.05) is 6.54 Å². The second-order valence-corrected chi connectivity index (χ2v) is 5.34. The fourth-order valence-electron chi connectivity index (χ4n) is 2.53. The van der Waals surface area contributed by atoms with Crippen molar-refractivity contribution in [2.24, 2.45) is 0 Å². The molecule has 19 heavy (non-hydrogen) atoms. The molecule has 0 radical (unpaired) electrons. The van der Waals surface area contributed by atoms with Crippen molar-refractivity contribution >= 4 is 11.0 Å². The van der Waals surface area contributed by atoms with Crippen LogP contribution < -0.4 is 5.32 Å². The number of hydrogen-bond donors (Lipinski definition) is 1. The van der Waals surface area contributed by atoms with Gasteiger partial charge in [-0.25, -0.2) is 4.39 Å². The van der Waals surface area contributed by atoms with E-state index in [2.05, 4.69) is 26.1 Å². The monoisotopic (exact) mass is 263 g/mol. The van der Waals surface area contributed by atoms with E-state index < -0.39 is 0 Å². The van der Waals surface area contributed by atoms with Gasteiger partial charge in [0.1, 0.15) is 5.76 Å². The van der Waals surface area contributed by atoms with Crippen molar-refractivity contribution < 1.29 is 8.81 Å². The minimum atomic E-state index is -0.274. The van der Waals surface area contributed by atoms with Gasteiger partial charge in [-0.2, -0.15) is 0 Å². The van der Waals surface area contributed by atoms with Crippen LogP contribution in [0.4, 0.5) is 4.39 Å². The molecule has 0 bridgehead atoms. The van der Waals surface area contributed by atoms with Crippen molar-refractivity contribution in [3.05, 3.63) is 34.8 Å². The zero-order chi connectivity index (χ0) is 14.0. The highest BCUT2D eigenvalue weighted by molar-refractivity contribution is 5.86. The molecule has 0 saturated heterocycles. The lowest BCUT2D eigenvalue weighted by atomic mass is 9.96. The van der Waals surface area contributed by atoms with E-state index in [9.17, 15) is 4.39 Å². The molecule has 0 aliphatic heterocycles. The minimum Gasteiger partial charge on any atom is -0.456 e. The van der Waals surface area contributed by atoms with Crippen LogP contribution in [0, 0.1) is 12.7 Å². The molecule has 0 atom stereocenters. The molecule has 0 spiro atoms. The van der Waals surface area contributed by atoms with Gasteiger partial charge in [0.15, 0.2) is 11.4 Å². The molecule has 104 valence electrons. The Kier molecular flexibility index (Phi) is 4.25. The van der Waals surface area contributed by atoms with E-state index >= 15 is 0 Å². The number of rotatable bonds is 5. The molecule has 1 N–H and O–H groups in total. The molecule has 1 aromatic heterocycles. The molecular formula is C16H22FNO. The average molecular weight is 263 g/mol. The van der Waals surface area contributed by atoms with E-state index in [1.165, 1.54) is 6.07 Å². The summed E-state index contributed by atoms with van der Waals surface area (Å²) in [4.78, 5) is 0. The number of fused-ring (bicyclic) bond motifs is 1. The Morgan fingerprint density at radius 2 is 2.05 bits per heavy atom. The number of benzene rings is 1. The van der Waals surface area contributed by atoms with Crippen molar-refractivity contribution in [2.45, 2.75) is 46.6 Å². The average Bonchev–Trinajstić information content (AvgIpc) is 2.75. The Morgan fingerprint density at radius 3 is 2.68 bits per heavy atom. The third-order valence-corrected chi connectivity index (χ3v) is 3.40. The third-order valence-electron chi connectivity index (χ3n) is 3.40. The molecule has 0 aliphatic carbocycles. The zero-order valence-corrected chi connectivity index (χ0v) is 12.1. The lowest BCUT2D eigenvalue weighted by Gasteiger charge is -2.08. The third kappa shape index (κ3) is 2.66. The number of hydrogen-bond acceptors (Lipinski definition) is 2. The predicted octanol–water partition coefficient (Wildman–Crippen LogP) is 4.50. The lowest BCUT2D eigenvalue weighted by molar-refractivity contribution is 0.488. The van der Waals surface area contributed by atoms with Crippen LogP contribution in [0.3, 0.4) is 0 Å². The summed E-state index contributed by atoms with van der Waals surface area (Å²) in [6.07, 6.45) is 1.07. The van der Waals surface area contributed by atoms with E-state index in [1.807, 2.05) is 13.0 Å². The lowest BCUT2D eigenvalue weighted by Crippen LogP contribution is -2.14. The van der Waals surface area contributed by atoms with Crippen LogP contribution in [0.2, 0.25) is 0 Å². The molecule has 3 heteroatoms. The summed E-state index contributed by atoms with van der Waals surface area (Å²) in [5, 5.41) is 4.28. The molecule has 0 saturated carbocycles. The van der Waals surface area contributed by atoms with Gasteiger partial charge in [0, 0.05) is 10.9 Å². The summed E-state index contributed by atoms with van der Waals surface area (Å²) in [6, 6.07) is 3.30. The Bertz CT molecular complexity index is 572. The molecule has 0 fully saturated rings. The number of aryl methyl sites for hydroxylation is 1. The maximum atomic E-state index is 13.9. The fourth-order valence-corrected chi connectivity index (χ4v) is 2.53. The van der Waals surface area contributed by atoms with E-state index in [0.717, 1.165) is 35.2 Å². The largest absolute Gasteiger partial charge is 0.456 e. The van der Waals surface area contributed by atoms with Crippen LogP contribution >= 0.6 is 0 Å². The van der Waals surface area contributed by atoms with Gasteiger partial charge in [0.2, 0.25) is 0 Å². The van der Waals surface area contributed by atoms with Crippen molar-refractivity contribution in [3.8, 4) is 0 Å². The van der Waals surface area contributed by atoms with E-state index in [4.69, 9.17) is 4.42 Å². The van der Waals surface area contributed by atoms with E-state index in [-0.39, 0.29) is 5.82 Å². The second kappa shape index (κ2) is 5.74.